The van der Waals surface area contributed by atoms with E-state index in [4.69, 9.17) is 14.5 Å². The van der Waals surface area contributed by atoms with Crippen LogP contribution < -0.4 is 5.56 Å². The molecule has 0 fully saturated rings. The number of nitrogens with zero attached hydrogens (tertiary/aromatic N) is 2. The summed E-state index contributed by atoms with van der Waals surface area (Å²) in [6.07, 6.45) is 6.21. The summed E-state index contributed by atoms with van der Waals surface area (Å²) in [6.45, 7) is 6.54. The number of fused-ring (bicyclic) bond motifs is 3. The highest BCUT2D eigenvalue weighted by molar-refractivity contribution is 7.18. The van der Waals surface area contributed by atoms with Gasteiger partial charge in [-0.25, -0.2) is 4.98 Å². The molecule has 0 spiro atoms. The van der Waals surface area contributed by atoms with Gasteiger partial charge in [-0.15, -0.1) is 17.9 Å². The minimum Gasteiger partial charge on any atom is -0.389 e. The fraction of sp³-hybridized carbons (Fsp3) is 0.619. The molecular formula is C21H31N3O4S. The Morgan fingerprint density at radius 3 is 3.03 bits per heavy atom. The Bertz CT molecular complexity index is 863. The molecule has 7 nitrogen and oxygen atoms in total. The number of aromatic amines is 1. The van der Waals surface area contributed by atoms with E-state index < -0.39 is 6.10 Å². The van der Waals surface area contributed by atoms with Gasteiger partial charge in [-0.3, -0.25) is 9.69 Å². The molecule has 3 rings (SSSR count). The summed E-state index contributed by atoms with van der Waals surface area (Å²) in [5, 5.41) is 11.1. The summed E-state index contributed by atoms with van der Waals surface area (Å²) < 4.78 is 10.5. The molecule has 0 amide bonds. The van der Waals surface area contributed by atoms with Gasteiger partial charge in [-0.2, -0.15) is 0 Å². The monoisotopic (exact) mass is 421 g/mol. The van der Waals surface area contributed by atoms with Gasteiger partial charge < -0.3 is 19.6 Å². The lowest BCUT2D eigenvalue weighted by atomic mass is 9.97. The third kappa shape index (κ3) is 5.96. The van der Waals surface area contributed by atoms with Gasteiger partial charge in [0.2, 0.25) is 0 Å². The molecular weight excluding hydrogens is 390 g/mol. The number of aryl methyl sites for hydroxylation is 2. The molecule has 0 saturated heterocycles. The maximum absolute atomic E-state index is 12.8. The maximum atomic E-state index is 12.8. The minimum absolute atomic E-state index is 0.0453. The maximum Gasteiger partial charge on any atom is 0.259 e. The predicted molar refractivity (Wildman–Crippen MR) is 116 cm³/mol. The first-order chi connectivity index (χ1) is 14.1. The van der Waals surface area contributed by atoms with Gasteiger partial charge >= 0.3 is 0 Å². The normalized spacial score (nSPS) is 15.0. The van der Waals surface area contributed by atoms with Crippen molar-refractivity contribution in [1.82, 2.24) is 14.9 Å². The molecule has 1 aliphatic carbocycles. The number of nitrogens with one attached hydrogen (secondary N) is 1. The highest BCUT2D eigenvalue weighted by atomic mass is 32.1. The number of rotatable bonds is 12. The van der Waals surface area contributed by atoms with Gasteiger partial charge in [0.15, 0.2) is 0 Å². The van der Waals surface area contributed by atoms with Crippen LogP contribution in [0.4, 0.5) is 0 Å². The van der Waals surface area contributed by atoms with Crippen molar-refractivity contribution < 1.29 is 14.6 Å². The van der Waals surface area contributed by atoms with Crippen molar-refractivity contribution in [2.24, 2.45) is 0 Å². The molecule has 8 heteroatoms. The van der Waals surface area contributed by atoms with Gasteiger partial charge in [0.1, 0.15) is 10.7 Å². The van der Waals surface area contributed by atoms with Crippen molar-refractivity contribution in [3.63, 3.8) is 0 Å². The zero-order chi connectivity index (χ0) is 20.6. The molecule has 2 N–H and O–H groups in total. The number of thiophene rings is 1. The smallest absolute Gasteiger partial charge is 0.259 e. The van der Waals surface area contributed by atoms with Crippen LogP contribution in [0.15, 0.2) is 17.4 Å². The van der Waals surface area contributed by atoms with E-state index in [0.29, 0.717) is 32.1 Å². The van der Waals surface area contributed by atoms with E-state index in [-0.39, 0.29) is 12.2 Å². The highest BCUT2D eigenvalue weighted by Crippen LogP contribution is 2.33. The molecule has 1 aliphatic rings. The van der Waals surface area contributed by atoms with Crippen LogP contribution in [0.25, 0.3) is 10.2 Å². The van der Waals surface area contributed by atoms with Crippen LogP contribution in [0, 0.1) is 0 Å². The third-order valence-electron chi connectivity index (χ3n) is 5.09. The Morgan fingerprint density at radius 1 is 1.41 bits per heavy atom. The Kier molecular flexibility index (Phi) is 8.38. The Balaban J connectivity index is 1.74. The predicted octanol–water partition coefficient (Wildman–Crippen LogP) is 2.27. The summed E-state index contributed by atoms with van der Waals surface area (Å²) in [6, 6.07) is 0. The second kappa shape index (κ2) is 11.0. The first-order valence-electron chi connectivity index (χ1n) is 10.2. The lowest BCUT2D eigenvalue weighted by Crippen LogP contribution is -2.36. The molecule has 2 heterocycles. The number of aliphatic hydroxyl groups is 1. The lowest BCUT2D eigenvalue weighted by molar-refractivity contribution is 0.0225. The van der Waals surface area contributed by atoms with Gasteiger partial charge in [0.25, 0.3) is 5.56 Å². The summed E-state index contributed by atoms with van der Waals surface area (Å²) in [4.78, 5) is 24.7. The first-order valence-corrected chi connectivity index (χ1v) is 11.1. The van der Waals surface area contributed by atoms with Gasteiger partial charge in [0, 0.05) is 31.7 Å². The second-order valence-electron chi connectivity index (χ2n) is 7.47. The van der Waals surface area contributed by atoms with E-state index in [0.717, 1.165) is 42.4 Å². The van der Waals surface area contributed by atoms with Crippen molar-refractivity contribution >= 4 is 21.6 Å². The molecule has 0 saturated carbocycles. The van der Waals surface area contributed by atoms with Crippen LogP contribution in [0.1, 0.15) is 35.5 Å². The van der Waals surface area contributed by atoms with Crippen LogP contribution in [0.5, 0.6) is 0 Å². The van der Waals surface area contributed by atoms with Crippen molar-refractivity contribution in [2.75, 3.05) is 40.0 Å². The van der Waals surface area contributed by atoms with Crippen molar-refractivity contribution in [3.05, 3.63) is 39.3 Å². The number of aromatic nitrogens is 2. The number of hydrogen-bond acceptors (Lipinski definition) is 7. The van der Waals surface area contributed by atoms with Gasteiger partial charge in [0.05, 0.1) is 31.2 Å². The van der Waals surface area contributed by atoms with E-state index in [1.807, 2.05) is 0 Å². The number of hydrogen-bond donors (Lipinski definition) is 2. The number of aliphatic hydroxyl groups excluding tert-OH is 1. The van der Waals surface area contributed by atoms with Gasteiger partial charge in [-0.1, -0.05) is 6.08 Å². The fourth-order valence-electron chi connectivity index (χ4n) is 3.80. The van der Waals surface area contributed by atoms with E-state index in [2.05, 4.69) is 16.5 Å². The highest BCUT2D eigenvalue weighted by Gasteiger charge is 2.21. The van der Waals surface area contributed by atoms with Crippen LogP contribution in [-0.4, -0.2) is 66.1 Å². The zero-order valence-electron chi connectivity index (χ0n) is 17.1. The Morgan fingerprint density at radius 2 is 2.24 bits per heavy atom. The summed E-state index contributed by atoms with van der Waals surface area (Å²) >= 11 is 1.66. The topological polar surface area (TPSA) is 87.7 Å². The lowest BCUT2D eigenvalue weighted by Gasteiger charge is -2.24. The third-order valence-corrected chi connectivity index (χ3v) is 6.27. The second-order valence-corrected chi connectivity index (χ2v) is 8.55. The molecule has 0 radical (unpaired) electrons. The molecule has 2 aromatic rings. The SMILES string of the molecule is C=CCOC[C@@H](O)CN(CCCOC)Cc1nc2sc3c(c2c(=O)[nH]1)CCCC3. The molecule has 160 valence electrons. The number of ether oxygens (including phenoxy) is 2. The average Bonchev–Trinajstić information content (AvgIpc) is 3.07. The van der Waals surface area contributed by atoms with Crippen molar-refractivity contribution in [2.45, 2.75) is 44.8 Å². The van der Waals surface area contributed by atoms with Crippen molar-refractivity contribution in [3.8, 4) is 0 Å². The van der Waals surface area contributed by atoms with Crippen LogP contribution in [0.2, 0.25) is 0 Å². The average molecular weight is 422 g/mol. The molecule has 2 aromatic heterocycles. The molecule has 0 aromatic carbocycles. The summed E-state index contributed by atoms with van der Waals surface area (Å²) in [5.74, 6) is 0.637. The van der Waals surface area contributed by atoms with Crippen molar-refractivity contribution in [1.29, 1.82) is 0 Å². The van der Waals surface area contributed by atoms with Crippen LogP contribution in [-0.2, 0) is 28.9 Å². The molecule has 0 bridgehead atoms. The molecule has 0 unspecified atom stereocenters. The fourth-order valence-corrected chi connectivity index (χ4v) is 5.08. The van der Waals surface area contributed by atoms with Crippen LogP contribution in [0.3, 0.4) is 0 Å². The van der Waals surface area contributed by atoms with E-state index in [1.54, 1.807) is 24.5 Å². The molecule has 1 atom stereocenters. The number of methoxy groups -OCH3 is 1. The molecule has 0 aliphatic heterocycles. The van der Waals surface area contributed by atoms with E-state index in [9.17, 15) is 9.90 Å². The standard InChI is InChI=1S/C21H31N3O4S/c1-3-10-28-14-15(25)12-24(9-6-11-27-2)13-18-22-20(26)19-16-7-4-5-8-17(16)29-21(19)23-18/h3,15,25H,1,4-14H2,2H3,(H,22,23,26)/t15-/m0/s1. The van der Waals surface area contributed by atoms with E-state index >= 15 is 0 Å². The first kappa shape index (κ1) is 22.1. The zero-order valence-corrected chi connectivity index (χ0v) is 17.9. The largest absolute Gasteiger partial charge is 0.389 e. The van der Waals surface area contributed by atoms with Crippen LogP contribution >= 0.6 is 11.3 Å². The summed E-state index contributed by atoms with van der Waals surface area (Å²) in [7, 11) is 1.67. The summed E-state index contributed by atoms with van der Waals surface area (Å²) in [5.41, 5.74) is 1.15. The molecule has 29 heavy (non-hydrogen) atoms. The quantitative estimate of drug-likeness (QED) is 0.404. The minimum atomic E-state index is -0.623. The Labute approximate surface area is 175 Å². The Hall–Kier alpha value is -1.58. The van der Waals surface area contributed by atoms with Gasteiger partial charge in [-0.05, 0) is 37.7 Å². The van der Waals surface area contributed by atoms with E-state index in [1.165, 1.54) is 16.9 Å². The number of H-pyrrole nitrogens is 1.